The van der Waals surface area contributed by atoms with Gasteiger partial charge in [-0.15, -0.1) is 11.6 Å². The fourth-order valence-corrected chi connectivity index (χ4v) is 3.39. The molecule has 1 heterocycles. The van der Waals surface area contributed by atoms with E-state index in [0.717, 1.165) is 34.8 Å². The molecule has 0 amide bonds. The van der Waals surface area contributed by atoms with Crippen molar-refractivity contribution in [1.82, 2.24) is 0 Å². The van der Waals surface area contributed by atoms with Gasteiger partial charge in [-0.05, 0) is 64.1 Å². The summed E-state index contributed by atoms with van der Waals surface area (Å²) in [5.74, 6) is 0.645. The van der Waals surface area contributed by atoms with Crippen molar-refractivity contribution in [2.24, 2.45) is 0 Å². The third-order valence-electron chi connectivity index (χ3n) is 5.01. The molecule has 1 atom stereocenters. The minimum Gasteiger partial charge on any atom is -0.399 e. The number of rotatable bonds is 7. The molecule has 0 bridgehead atoms. The zero-order chi connectivity index (χ0) is 18.7. The highest BCUT2D eigenvalue weighted by molar-refractivity contribution is 9.10. The van der Waals surface area contributed by atoms with Gasteiger partial charge in [0.2, 0.25) is 0 Å². The lowest BCUT2D eigenvalue weighted by Gasteiger charge is -2.32. The van der Waals surface area contributed by atoms with Gasteiger partial charge in [0.25, 0.3) is 0 Å². The highest BCUT2D eigenvalue weighted by Crippen LogP contribution is 2.41. The summed E-state index contributed by atoms with van der Waals surface area (Å²) in [6.07, 6.45) is 3.99. The Kier molecular flexibility index (Phi) is 7.20. The Hall–Kier alpha value is -0.325. The van der Waals surface area contributed by atoms with E-state index < -0.39 is 24.4 Å². The van der Waals surface area contributed by atoms with Crippen LogP contribution >= 0.6 is 27.5 Å². The molecule has 0 aliphatic carbocycles. The maximum Gasteiger partial charge on any atom is 0.493 e. The van der Waals surface area contributed by atoms with Gasteiger partial charge >= 0.3 is 7.12 Å². The molecule has 6 heteroatoms. The van der Waals surface area contributed by atoms with Gasteiger partial charge in [-0.25, -0.2) is 0 Å². The summed E-state index contributed by atoms with van der Waals surface area (Å²) < 4.78 is 13.2. The second-order valence-electron chi connectivity index (χ2n) is 7.40. The number of unbranched alkanes of at least 4 members (excludes halogenated alkanes) is 2. The lowest BCUT2D eigenvalue weighted by Crippen LogP contribution is -2.41. The number of hydrogen-bond donors (Lipinski definition) is 1. The van der Waals surface area contributed by atoms with Gasteiger partial charge in [0.15, 0.2) is 0 Å². The van der Waals surface area contributed by atoms with Gasteiger partial charge in [-0.1, -0.05) is 40.2 Å². The van der Waals surface area contributed by atoms with Crippen LogP contribution in [-0.2, 0) is 9.31 Å². The maximum atomic E-state index is 11.0. The van der Waals surface area contributed by atoms with E-state index in [0.29, 0.717) is 5.88 Å². The monoisotopic (exact) mass is 428 g/mol. The minimum absolute atomic E-state index is 0.444. The van der Waals surface area contributed by atoms with E-state index in [1.807, 2.05) is 58.0 Å². The van der Waals surface area contributed by atoms with Gasteiger partial charge in [0, 0.05) is 10.4 Å². The Labute approximate surface area is 165 Å². The predicted octanol–water partition coefficient (Wildman–Crippen LogP) is 5.45. The van der Waals surface area contributed by atoms with Crippen LogP contribution in [0.2, 0.25) is 0 Å². The number of allylic oxidation sites excluding steroid dienone is 1. The lowest BCUT2D eigenvalue weighted by molar-refractivity contribution is 0.00578. The first-order chi connectivity index (χ1) is 11.7. The lowest BCUT2D eigenvalue weighted by atomic mass is 9.72. The molecule has 1 N–H and O–H groups in total. The molecule has 1 aromatic carbocycles. The molecule has 25 heavy (non-hydrogen) atoms. The van der Waals surface area contributed by atoms with E-state index >= 15 is 0 Å². The van der Waals surface area contributed by atoms with Gasteiger partial charge in [-0.3, -0.25) is 0 Å². The topological polar surface area (TPSA) is 38.7 Å². The van der Waals surface area contributed by atoms with Crippen LogP contribution in [0.25, 0.3) is 0 Å². The molecule has 0 spiro atoms. The predicted molar refractivity (Wildman–Crippen MR) is 108 cm³/mol. The van der Waals surface area contributed by atoms with Crippen LogP contribution in [0.3, 0.4) is 0 Å². The molecule has 1 unspecified atom stereocenters. The normalized spacial score (nSPS) is 20.8. The molecule has 2 rings (SSSR count). The first-order valence-corrected chi connectivity index (χ1v) is 10.1. The molecule has 1 aliphatic rings. The summed E-state index contributed by atoms with van der Waals surface area (Å²) in [5.41, 5.74) is 0.669. The summed E-state index contributed by atoms with van der Waals surface area (Å²) in [7, 11) is -0.567. The molecule has 3 nitrogen and oxygen atoms in total. The molecular formula is C19H27BBrClO3. The van der Waals surface area contributed by atoms with Gasteiger partial charge < -0.3 is 14.4 Å². The van der Waals surface area contributed by atoms with Crippen molar-refractivity contribution in [3.63, 3.8) is 0 Å². The van der Waals surface area contributed by atoms with Gasteiger partial charge in [0.1, 0.15) is 0 Å². The van der Waals surface area contributed by atoms with E-state index in [9.17, 15) is 5.11 Å². The second-order valence-corrected chi connectivity index (χ2v) is 8.63. The van der Waals surface area contributed by atoms with Crippen LogP contribution in [0, 0.1) is 0 Å². The zero-order valence-corrected chi connectivity index (χ0v) is 17.7. The molecule has 1 aliphatic heterocycles. The Morgan fingerprint density at radius 2 is 1.80 bits per heavy atom. The largest absolute Gasteiger partial charge is 0.493 e. The van der Waals surface area contributed by atoms with Crippen molar-refractivity contribution >= 4 is 34.6 Å². The van der Waals surface area contributed by atoms with E-state index in [1.165, 1.54) is 0 Å². The van der Waals surface area contributed by atoms with Gasteiger partial charge in [-0.2, -0.15) is 0 Å². The van der Waals surface area contributed by atoms with Crippen molar-refractivity contribution in [2.45, 2.75) is 64.3 Å². The zero-order valence-electron chi connectivity index (χ0n) is 15.4. The molecule has 1 fully saturated rings. The number of hydrogen-bond acceptors (Lipinski definition) is 3. The second kappa shape index (κ2) is 8.58. The Balaban J connectivity index is 2.30. The smallest absolute Gasteiger partial charge is 0.399 e. The highest BCUT2D eigenvalue weighted by atomic mass is 79.9. The average Bonchev–Trinajstić information content (AvgIpc) is 2.75. The summed E-state index contributed by atoms with van der Waals surface area (Å²) in [6.45, 7) is 8.07. The van der Waals surface area contributed by atoms with Crippen LogP contribution in [-0.4, -0.2) is 29.3 Å². The van der Waals surface area contributed by atoms with E-state index in [4.69, 9.17) is 20.9 Å². The van der Waals surface area contributed by atoms with Crippen molar-refractivity contribution in [1.29, 1.82) is 0 Å². The summed E-state index contributed by atoms with van der Waals surface area (Å²) in [4.78, 5) is 0. The number of alkyl halides is 1. The molecule has 0 aromatic heterocycles. The fraction of sp³-hybridized carbons (Fsp3) is 0.579. The summed E-state index contributed by atoms with van der Waals surface area (Å²) >= 11 is 9.30. The molecule has 0 saturated carbocycles. The number of aliphatic hydroxyl groups is 1. The van der Waals surface area contributed by atoms with Crippen molar-refractivity contribution < 1.29 is 14.4 Å². The number of halogens is 2. The van der Waals surface area contributed by atoms with Crippen LogP contribution in [0.15, 0.2) is 40.3 Å². The fourth-order valence-electron chi connectivity index (χ4n) is 2.70. The van der Waals surface area contributed by atoms with E-state index in [1.54, 1.807) is 0 Å². The minimum atomic E-state index is -0.790. The molecule has 138 valence electrons. The summed E-state index contributed by atoms with van der Waals surface area (Å²) in [5, 5.41) is 11.0. The average molecular weight is 430 g/mol. The third-order valence-corrected chi connectivity index (χ3v) is 6.00. The molecule has 1 aromatic rings. The Bertz CT molecular complexity index is 602. The van der Waals surface area contributed by atoms with Crippen LogP contribution < -0.4 is 0 Å². The van der Waals surface area contributed by atoms with Gasteiger partial charge in [0.05, 0.1) is 17.3 Å². The third kappa shape index (κ3) is 4.89. The van der Waals surface area contributed by atoms with Crippen molar-refractivity contribution in [2.75, 3.05) is 5.88 Å². The van der Waals surface area contributed by atoms with Crippen molar-refractivity contribution in [3.8, 4) is 0 Å². The Morgan fingerprint density at radius 1 is 1.20 bits per heavy atom. The first-order valence-electron chi connectivity index (χ1n) is 8.73. The van der Waals surface area contributed by atoms with Crippen LogP contribution in [0.5, 0.6) is 0 Å². The van der Waals surface area contributed by atoms with E-state index in [-0.39, 0.29) is 0 Å². The maximum absolute atomic E-state index is 11.0. The van der Waals surface area contributed by atoms with E-state index in [2.05, 4.69) is 15.9 Å². The standard InChI is InChI=1S/C19H27BBrClO3/c1-18(2)19(3,4)25-20(24-18)15(11-6-5-9-13-22)17(23)14-10-7-8-12-16(14)21/h7-8,10-12,17,23H,5-6,9,13H2,1-4H3/b15-11-. The van der Waals surface area contributed by atoms with Crippen LogP contribution in [0.4, 0.5) is 0 Å². The van der Waals surface area contributed by atoms with Crippen molar-refractivity contribution in [3.05, 3.63) is 45.9 Å². The molecule has 0 radical (unpaired) electrons. The Morgan fingerprint density at radius 3 is 2.36 bits per heavy atom. The number of aliphatic hydroxyl groups excluding tert-OH is 1. The quantitative estimate of drug-likeness (QED) is 0.356. The molecule has 1 saturated heterocycles. The highest BCUT2D eigenvalue weighted by Gasteiger charge is 2.53. The SMILES string of the molecule is CC1(C)OB(/C(=C\CCCCCl)C(O)c2ccccc2Br)OC1(C)C. The number of benzene rings is 1. The first kappa shape index (κ1) is 21.0. The van der Waals surface area contributed by atoms with Crippen LogP contribution in [0.1, 0.15) is 58.6 Å². The summed E-state index contributed by atoms with van der Waals surface area (Å²) in [6, 6.07) is 7.68. The molecular weight excluding hydrogens is 402 g/mol.